The molecule has 0 saturated carbocycles. The van der Waals surface area contributed by atoms with Crippen molar-refractivity contribution < 1.29 is 9.47 Å². The highest BCUT2D eigenvalue weighted by molar-refractivity contribution is 5.39. The van der Waals surface area contributed by atoms with Crippen LogP contribution in [0, 0.1) is 0 Å². The van der Waals surface area contributed by atoms with E-state index in [2.05, 4.69) is 4.98 Å². The Morgan fingerprint density at radius 3 is 2.41 bits per heavy atom. The van der Waals surface area contributed by atoms with Gasteiger partial charge in [-0.05, 0) is 24.3 Å². The quantitative estimate of drug-likeness (QED) is 0.829. The van der Waals surface area contributed by atoms with Crippen LogP contribution >= 0.6 is 0 Å². The molecule has 0 aliphatic carbocycles. The number of rotatable bonds is 5. The Morgan fingerprint density at radius 1 is 1.06 bits per heavy atom. The number of aromatic amines is 1. The highest BCUT2D eigenvalue weighted by Crippen LogP contribution is 2.26. The molecular weight excluding hydrogens is 216 g/mol. The van der Waals surface area contributed by atoms with E-state index < -0.39 is 0 Å². The Bertz CT molecular complexity index is 480. The molecule has 0 radical (unpaired) electrons. The number of hydrogen-bond acceptors (Lipinski definition) is 3. The van der Waals surface area contributed by atoms with Gasteiger partial charge in [0.05, 0.1) is 12.8 Å². The summed E-state index contributed by atoms with van der Waals surface area (Å²) in [5.41, 5.74) is 7.52. The van der Waals surface area contributed by atoms with Crippen LogP contribution in [0.2, 0.25) is 0 Å². The number of para-hydroxylation sites is 2. The predicted octanol–water partition coefficient (Wildman–Crippen LogP) is 2.06. The molecule has 90 valence electrons. The molecule has 4 nitrogen and oxygen atoms in total. The maximum absolute atomic E-state index is 5.67. The van der Waals surface area contributed by atoms with Crippen LogP contribution in [0.15, 0.2) is 36.4 Å². The van der Waals surface area contributed by atoms with Crippen LogP contribution < -0.4 is 15.2 Å². The van der Waals surface area contributed by atoms with E-state index in [0.29, 0.717) is 13.2 Å². The number of nitrogens with two attached hydrogens (primary N) is 1. The third-order valence-electron chi connectivity index (χ3n) is 2.48. The van der Waals surface area contributed by atoms with Crippen LogP contribution in [0.3, 0.4) is 0 Å². The maximum atomic E-state index is 5.67. The van der Waals surface area contributed by atoms with E-state index in [1.165, 1.54) is 0 Å². The van der Waals surface area contributed by atoms with Gasteiger partial charge in [-0.2, -0.15) is 0 Å². The lowest BCUT2D eigenvalue weighted by Gasteiger charge is -2.09. The molecule has 17 heavy (non-hydrogen) atoms. The molecule has 0 aliphatic rings. The van der Waals surface area contributed by atoms with E-state index in [4.69, 9.17) is 15.2 Å². The number of methoxy groups -OCH3 is 1. The molecule has 1 aromatic carbocycles. The van der Waals surface area contributed by atoms with Crippen molar-refractivity contribution in [2.24, 2.45) is 5.73 Å². The molecule has 0 atom stereocenters. The van der Waals surface area contributed by atoms with Gasteiger partial charge in [0, 0.05) is 12.2 Å². The van der Waals surface area contributed by atoms with Gasteiger partial charge in [0.1, 0.15) is 6.61 Å². The molecule has 0 unspecified atom stereocenters. The van der Waals surface area contributed by atoms with Crippen LogP contribution in [0.25, 0.3) is 0 Å². The van der Waals surface area contributed by atoms with Gasteiger partial charge in [0.2, 0.25) is 0 Å². The number of aromatic nitrogens is 1. The van der Waals surface area contributed by atoms with Crippen molar-refractivity contribution >= 4 is 0 Å². The molecule has 2 aromatic rings. The fourth-order valence-electron chi connectivity index (χ4n) is 1.59. The maximum Gasteiger partial charge on any atom is 0.161 e. The summed E-state index contributed by atoms with van der Waals surface area (Å²) in [6.45, 7) is 0.981. The fourth-order valence-corrected chi connectivity index (χ4v) is 1.59. The highest BCUT2D eigenvalue weighted by Gasteiger charge is 2.03. The summed E-state index contributed by atoms with van der Waals surface area (Å²) in [4.78, 5) is 3.18. The van der Waals surface area contributed by atoms with Crippen molar-refractivity contribution in [3.8, 4) is 11.5 Å². The van der Waals surface area contributed by atoms with Crippen molar-refractivity contribution in [3.05, 3.63) is 47.8 Å². The van der Waals surface area contributed by atoms with E-state index in [0.717, 1.165) is 22.9 Å². The zero-order valence-electron chi connectivity index (χ0n) is 9.77. The zero-order chi connectivity index (χ0) is 12.1. The van der Waals surface area contributed by atoms with Gasteiger partial charge in [-0.1, -0.05) is 12.1 Å². The second-order valence-corrected chi connectivity index (χ2v) is 3.65. The lowest BCUT2D eigenvalue weighted by atomic mass is 10.3. The molecule has 1 aromatic heterocycles. The summed E-state index contributed by atoms with van der Waals surface area (Å²) in [5.74, 6) is 1.47. The lowest BCUT2D eigenvalue weighted by molar-refractivity contribution is 0.281. The van der Waals surface area contributed by atoms with Gasteiger partial charge in [-0.25, -0.2) is 0 Å². The van der Waals surface area contributed by atoms with Crippen molar-refractivity contribution in [2.75, 3.05) is 7.11 Å². The summed E-state index contributed by atoms with van der Waals surface area (Å²) < 4.78 is 10.9. The first-order chi connectivity index (χ1) is 8.33. The second-order valence-electron chi connectivity index (χ2n) is 3.65. The topological polar surface area (TPSA) is 60.3 Å². The second kappa shape index (κ2) is 5.41. The normalized spacial score (nSPS) is 10.2. The molecule has 0 spiro atoms. The van der Waals surface area contributed by atoms with Crippen LogP contribution in [-0.4, -0.2) is 12.1 Å². The Morgan fingerprint density at radius 2 is 1.76 bits per heavy atom. The Balaban J connectivity index is 2.01. The first-order valence-corrected chi connectivity index (χ1v) is 5.46. The van der Waals surface area contributed by atoms with Crippen molar-refractivity contribution in [2.45, 2.75) is 13.2 Å². The SMILES string of the molecule is COc1ccccc1OCc1ccc(CN)[nH]1. The molecular formula is C13H16N2O2. The summed E-state index contributed by atoms with van der Waals surface area (Å²) in [7, 11) is 1.63. The fraction of sp³-hybridized carbons (Fsp3) is 0.231. The molecule has 0 saturated heterocycles. The average molecular weight is 232 g/mol. The molecule has 0 amide bonds. The molecule has 2 rings (SSSR count). The summed E-state index contributed by atoms with van der Waals surface area (Å²) in [6.07, 6.45) is 0. The van der Waals surface area contributed by atoms with Gasteiger partial charge >= 0.3 is 0 Å². The Hall–Kier alpha value is -1.94. The highest BCUT2D eigenvalue weighted by atomic mass is 16.5. The van der Waals surface area contributed by atoms with Gasteiger partial charge in [0.25, 0.3) is 0 Å². The molecule has 4 heteroatoms. The van der Waals surface area contributed by atoms with E-state index in [1.54, 1.807) is 7.11 Å². The van der Waals surface area contributed by atoms with E-state index in [9.17, 15) is 0 Å². The summed E-state index contributed by atoms with van der Waals surface area (Å²) in [6, 6.07) is 11.5. The van der Waals surface area contributed by atoms with Crippen molar-refractivity contribution in [1.29, 1.82) is 0 Å². The monoisotopic (exact) mass is 232 g/mol. The van der Waals surface area contributed by atoms with Gasteiger partial charge in [-0.15, -0.1) is 0 Å². The van der Waals surface area contributed by atoms with Crippen LogP contribution in [0.1, 0.15) is 11.4 Å². The minimum Gasteiger partial charge on any atom is -0.493 e. The molecule has 1 heterocycles. The first-order valence-electron chi connectivity index (χ1n) is 5.46. The third-order valence-corrected chi connectivity index (χ3v) is 2.48. The minimum absolute atomic E-state index is 0.473. The zero-order valence-corrected chi connectivity index (χ0v) is 9.77. The average Bonchev–Trinajstić information content (AvgIpc) is 2.84. The molecule has 0 bridgehead atoms. The Kier molecular flexibility index (Phi) is 3.67. The van der Waals surface area contributed by atoms with Gasteiger partial charge in [-0.3, -0.25) is 0 Å². The minimum atomic E-state index is 0.473. The van der Waals surface area contributed by atoms with Crippen LogP contribution in [0.4, 0.5) is 0 Å². The number of ether oxygens (including phenoxy) is 2. The molecule has 0 aliphatic heterocycles. The summed E-state index contributed by atoms with van der Waals surface area (Å²) >= 11 is 0. The molecule has 0 fully saturated rings. The number of nitrogens with one attached hydrogen (secondary N) is 1. The lowest BCUT2D eigenvalue weighted by Crippen LogP contribution is -2.00. The van der Waals surface area contributed by atoms with Crippen LogP contribution in [0.5, 0.6) is 11.5 Å². The van der Waals surface area contributed by atoms with Crippen molar-refractivity contribution in [1.82, 2.24) is 4.98 Å². The van der Waals surface area contributed by atoms with E-state index >= 15 is 0 Å². The largest absolute Gasteiger partial charge is 0.493 e. The van der Waals surface area contributed by atoms with Crippen molar-refractivity contribution in [3.63, 3.8) is 0 Å². The van der Waals surface area contributed by atoms with E-state index in [1.807, 2.05) is 36.4 Å². The van der Waals surface area contributed by atoms with Crippen LogP contribution in [-0.2, 0) is 13.2 Å². The summed E-state index contributed by atoms with van der Waals surface area (Å²) in [5, 5.41) is 0. The third kappa shape index (κ3) is 2.79. The van der Waals surface area contributed by atoms with Gasteiger partial charge in [0.15, 0.2) is 11.5 Å². The van der Waals surface area contributed by atoms with E-state index in [-0.39, 0.29) is 0 Å². The number of benzene rings is 1. The smallest absolute Gasteiger partial charge is 0.161 e. The first kappa shape index (κ1) is 11.5. The number of H-pyrrole nitrogens is 1. The number of hydrogen-bond donors (Lipinski definition) is 2. The predicted molar refractivity (Wildman–Crippen MR) is 66.0 cm³/mol. The molecule has 3 N–H and O–H groups in total. The van der Waals surface area contributed by atoms with Gasteiger partial charge < -0.3 is 20.2 Å². The standard InChI is InChI=1S/C13H16N2O2/c1-16-12-4-2-3-5-13(12)17-9-11-7-6-10(8-14)15-11/h2-7,15H,8-9,14H2,1H3. The Labute approximate surface area is 100 Å².